The standard InChI is InChI=1S/C9H17NO/c1-3-9(10-2)6-8-4-5-11-7-8/h3,8-10H,1,4-7H2,2H3. The fraction of sp³-hybridized carbons (Fsp3) is 0.778. The van der Waals surface area contributed by atoms with Crippen LogP contribution >= 0.6 is 0 Å². The van der Waals surface area contributed by atoms with Gasteiger partial charge in [-0.3, -0.25) is 0 Å². The summed E-state index contributed by atoms with van der Waals surface area (Å²) in [4.78, 5) is 0. The van der Waals surface area contributed by atoms with Crippen LogP contribution < -0.4 is 5.32 Å². The first-order valence-electron chi connectivity index (χ1n) is 4.24. The molecular weight excluding hydrogens is 138 g/mol. The predicted octanol–water partition coefficient (Wildman–Crippen LogP) is 1.19. The van der Waals surface area contributed by atoms with E-state index < -0.39 is 0 Å². The number of hydrogen-bond acceptors (Lipinski definition) is 2. The molecule has 1 rings (SSSR count). The fourth-order valence-electron chi connectivity index (χ4n) is 1.46. The first-order valence-corrected chi connectivity index (χ1v) is 4.24. The van der Waals surface area contributed by atoms with Gasteiger partial charge in [-0.1, -0.05) is 6.08 Å². The molecule has 0 bridgehead atoms. The van der Waals surface area contributed by atoms with E-state index in [0.29, 0.717) is 6.04 Å². The minimum absolute atomic E-state index is 0.460. The van der Waals surface area contributed by atoms with Crippen LogP contribution in [0.2, 0.25) is 0 Å². The number of likely N-dealkylation sites (N-methyl/N-ethyl adjacent to an activating group) is 1. The zero-order valence-corrected chi connectivity index (χ0v) is 7.18. The van der Waals surface area contributed by atoms with Crippen LogP contribution in [0.3, 0.4) is 0 Å². The van der Waals surface area contributed by atoms with E-state index in [2.05, 4.69) is 11.9 Å². The molecule has 0 saturated carbocycles. The summed E-state index contributed by atoms with van der Waals surface area (Å²) in [5.41, 5.74) is 0. The van der Waals surface area contributed by atoms with Gasteiger partial charge in [0.25, 0.3) is 0 Å². The topological polar surface area (TPSA) is 21.3 Å². The lowest BCUT2D eigenvalue weighted by molar-refractivity contribution is 0.183. The largest absolute Gasteiger partial charge is 0.381 e. The minimum atomic E-state index is 0.460. The number of ether oxygens (including phenoxy) is 1. The molecule has 0 aromatic carbocycles. The summed E-state index contributed by atoms with van der Waals surface area (Å²) in [5, 5.41) is 3.20. The van der Waals surface area contributed by atoms with Gasteiger partial charge >= 0.3 is 0 Å². The Balaban J connectivity index is 2.21. The molecule has 2 unspecified atom stereocenters. The van der Waals surface area contributed by atoms with Crippen molar-refractivity contribution in [3.05, 3.63) is 12.7 Å². The van der Waals surface area contributed by atoms with Crippen LogP contribution in [-0.2, 0) is 4.74 Å². The Labute approximate surface area is 68.6 Å². The van der Waals surface area contributed by atoms with Crippen molar-refractivity contribution in [3.8, 4) is 0 Å². The van der Waals surface area contributed by atoms with Gasteiger partial charge in [0.15, 0.2) is 0 Å². The van der Waals surface area contributed by atoms with E-state index in [0.717, 1.165) is 19.1 Å². The Morgan fingerprint density at radius 1 is 1.82 bits per heavy atom. The van der Waals surface area contributed by atoms with Crippen molar-refractivity contribution in [3.63, 3.8) is 0 Å². The lowest BCUT2D eigenvalue weighted by Gasteiger charge is -2.14. The molecule has 1 fully saturated rings. The number of hydrogen-bond donors (Lipinski definition) is 1. The molecule has 0 radical (unpaired) electrons. The van der Waals surface area contributed by atoms with Crippen LogP contribution in [0.1, 0.15) is 12.8 Å². The molecule has 0 aromatic heterocycles. The van der Waals surface area contributed by atoms with Crippen LogP contribution in [0.25, 0.3) is 0 Å². The van der Waals surface area contributed by atoms with Gasteiger partial charge in [0, 0.05) is 19.3 Å². The summed E-state index contributed by atoms with van der Waals surface area (Å²) >= 11 is 0. The Morgan fingerprint density at radius 2 is 2.64 bits per heavy atom. The third-order valence-electron chi connectivity index (χ3n) is 2.27. The van der Waals surface area contributed by atoms with Gasteiger partial charge in [0.2, 0.25) is 0 Å². The Hall–Kier alpha value is -0.340. The highest BCUT2D eigenvalue weighted by molar-refractivity contribution is 4.86. The molecule has 0 aliphatic carbocycles. The van der Waals surface area contributed by atoms with Crippen LogP contribution in [0.15, 0.2) is 12.7 Å². The smallest absolute Gasteiger partial charge is 0.0495 e. The summed E-state index contributed by atoms with van der Waals surface area (Å²) in [6.45, 7) is 5.65. The maximum absolute atomic E-state index is 5.28. The summed E-state index contributed by atoms with van der Waals surface area (Å²) < 4.78 is 5.28. The van der Waals surface area contributed by atoms with Gasteiger partial charge in [-0.2, -0.15) is 0 Å². The molecule has 0 aromatic rings. The van der Waals surface area contributed by atoms with E-state index in [9.17, 15) is 0 Å². The SMILES string of the molecule is C=CC(CC1CCOC1)NC. The molecule has 11 heavy (non-hydrogen) atoms. The zero-order valence-electron chi connectivity index (χ0n) is 7.18. The van der Waals surface area contributed by atoms with Crippen molar-refractivity contribution in [2.45, 2.75) is 18.9 Å². The normalized spacial score (nSPS) is 26.8. The Bertz CT molecular complexity index is 119. The quantitative estimate of drug-likeness (QED) is 0.616. The van der Waals surface area contributed by atoms with Gasteiger partial charge in [0.1, 0.15) is 0 Å². The molecule has 1 saturated heterocycles. The fourth-order valence-corrected chi connectivity index (χ4v) is 1.46. The second-order valence-electron chi connectivity index (χ2n) is 3.10. The third-order valence-corrected chi connectivity index (χ3v) is 2.27. The van der Waals surface area contributed by atoms with Crippen molar-refractivity contribution in [1.29, 1.82) is 0 Å². The van der Waals surface area contributed by atoms with Crippen molar-refractivity contribution in [1.82, 2.24) is 5.32 Å². The summed E-state index contributed by atoms with van der Waals surface area (Å²) in [6.07, 6.45) is 4.35. The van der Waals surface area contributed by atoms with Gasteiger partial charge in [0.05, 0.1) is 0 Å². The van der Waals surface area contributed by atoms with E-state index in [4.69, 9.17) is 4.74 Å². The van der Waals surface area contributed by atoms with Crippen LogP contribution in [0.4, 0.5) is 0 Å². The zero-order chi connectivity index (χ0) is 8.10. The second-order valence-corrected chi connectivity index (χ2v) is 3.10. The number of rotatable bonds is 4. The average Bonchev–Trinajstić information content (AvgIpc) is 2.52. The van der Waals surface area contributed by atoms with Crippen LogP contribution in [0, 0.1) is 5.92 Å². The summed E-state index contributed by atoms with van der Waals surface area (Å²) in [6, 6.07) is 0.460. The molecule has 0 spiro atoms. The monoisotopic (exact) mass is 155 g/mol. The van der Waals surface area contributed by atoms with Crippen molar-refractivity contribution in [2.24, 2.45) is 5.92 Å². The highest BCUT2D eigenvalue weighted by atomic mass is 16.5. The van der Waals surface area contributed by atoms with Gasteiger partial charge < -0.3 is 10.1 Å². The van der Waals surface area contributed by atoms with Crippen molar-refractivity contribution < 1.29 is 4.74 Å². The van der Waals surface area contributed by atoms with E-state index in [1.54, 1.807) is 0 Å². The lowest BCUT2D eigenvalue weighted by atomic mass is 9.99. The van der Waals surface area contributed by atoms with Crippen molar-refractivity contribution >= 4 is 0 Å². The van der Waals surface area contributed by atoms with Gasteiger partial charge in [-0.05, 0) is 25.8 Å². The van der Waals surface area contributed by atoms with Crippen LogP contribution in [0.5, 0.6) is 0 Å². The molecule has 64 valence electrons. The Morgan fingerprint density at radius 3 is 3.09 bits per heavy atom. The number of nitrogens with one attached hydrogen (secondary N) is 1. The summed E-state index contributed by atoms with van der Waals surface area (Å²) in [7, 11) is 1.97. The Kier molecular flexibility index (Phi) is 3.60. The predicted molar refractivity (Wildman–Crippen MR) is 46.6 cm³/mol. The summed E-state index contributed by atoms with van der Waals surface area (Å²) in [5.74, 6) is 0.741. The molecule has 1 aliphatic heterocycles. The van der Waals surface area contributed by atoms with E-state index in [1.165, 1.54) is 12.8 Å². The molecule has 2 nitrogen and oxygen atoms in total. The second kappa shape index (κ2) is 4.52. The molecule has 1 N–H and O–H groups in total. The molecular formula is C9H17NO. The molecule has 2 atom stereocenters. The van der Waals surface area contributed by atoms with Gasteiger partial charge in [-0.15, -0.1) is 6.58 Å². The van der Waals surface area contributed by atoms with Gasteiger partial charge in [-0.25, -0.2) is 0 Å². The third kappa shape index (κ3) is 2.64. The van der Waals surface area contributed by atoms with Crippen molar-refractivity contribution in [2.75, 3.05) is 20.3 Å². The maximum Gasteiger partial charge on any atom is 0.0495 e. The molecule has 0 amide bonds. The average molecular weight is 155 g/mol. The highest BCUT2D eigenvalue weighted by Gasteiger charge is 2.17. The molecule has 1 heterocycles. The lowest BCUT2D eigenvalue weighted by Crippen LogP contribution is -2.25. The van der Waals surface area contributed by atoms with Crippen LogP contribution in [-0.4, -0.2) is 26.3 Å². The molecule has 1 aliphatic rings. The maximum atomic E-state index is 5.28. The first-order chi connectivity index (χ1) is 5.36. The van der Waals surface area contributed by atoms with E-state index >= 15 is 0 Å². The molecule has 2 heteroatoms. The first kappa shape index (κ1) is 8.75. The highest BCUT2D eigenvalue weighted by Crippen LogP contribution is 2.18. The van der Waals surface area contributed by atoms with E-state index in [-0.39, 0.29) is 0 Å². The minimum Gasteiger partial charge on any atom is -0.381 e. The van der Waals surface area contributed by atoms with E-state index in [1.807, 2.05) is 13.1 Å².